The van der Waals surface area contributed by atoms with Crippen LogP contribution in [0.4, 0.5) is 0 Å². The molecule has 18 heavy (non-hydrogen) atoms. The van der Waals surface area contributed by atoms with Crippen LogP contribution in [-0.2, 0) is 11.3 Å². The fraction of sp³-hybridized carbons (Fsp3) is 0.444. The summed E-state index contributed by atoms with van der Waals surface area (Å²) in [6.07, 6.45) is 3.24. The van der Waals surface area contributed by atoms with E-state index in [1.807, 2.05) is 0 Å². The van der Waals surface area contributed by atoms with Crippen molar-refractivity contribution in [3.63, 3.8) is 0 Å². The first-order valence-corrected chi connectivity index (χ1v) is 6.36. The van der Waals surface area contributed by atoms with Gasteiger partial charge in [0.25, 0.3) is 0 Å². The molecule has 1 unspecified atom stereocenters. The summed E-state index contributed by atoms with van der Waals surface area (Å²) in [4.78, 5) is 0.874. The van der Waals surface area contributed by atoms with Crippen LogP contribution >= 0.6 is 23.1 Å². The monoisotopic (exact) mass is 288 g/mol. The van der Waals surface area contributed by atoms with E-state index in [-0.39, 0.29) is 6.04 Å². The van der Waals surface area contributed by atoms with Crippen molar-refractivity contribution in [2.24, 2.45) is 5.84 Å². The van der Waals surface area contributed by atoms with Crippen molar-refractivity contribution in [1.29, 1.82) is 0 Å². The molecule has 2 aromatic rings. The maximum absolute atomic E-state index is 6.16. The van der Waals surface area contributed by atoms with Crippen molar-refractivity contribution >= 4 is 23.1 Å². The number of methoxy groups -OCH3 is 1. The van der Waals surface area contributed by atoms with E-state index in [0.29, 0.717) is 18.2 Å². The van der Waals surface area contributed by atoms with Crippen molar-refractivity contribution in [3.8, 4) is 0 Å². The van der Waals surface area contributed by atoms with Gasteiger partial charge in [0.2, 0.25) is 0 Å². The first kappa shape index (κ1) is 13.4. The summed E-state index contributed by atoms with van der Waals surface area (Å²) in [5, 5.41) is 8.55. The first-order chi connectivity index (χ1) is 8.77. The molecular formula is C9H13ClN6OS. The lowest BCUT2D eigenvalue weighted by molar-refractivity contribution is 0.182. The van der Waals surface area contributed by atoms with Crippen LogP contribution in [0.15, 0.2) is 12.4 Å². The Balaban J connectivity index is 2.32. The van der Waals surface area contributed by atoms with Crippen LogP contribution in [0.25, 0.3) is 0 Å². The molecule has 0 aliphatic rings. The third-order valence-corrected chi connectivity index (χ3v) is 3.46. The Morgan fingerprint density at radius 2 is 2.44 bits per heavy atom. The van der Waals surface area contributed by atoms with E-state index in [1.165, 1.54) is 11.5 Å². The van der Waals surface area contributed by atoms with Crippen molar-refractivity contribution in [2.45, 2.75) is 12.6 Å². The van der Waals surface area contributed by atoms with Gasteiger partial charge in [-0.25, -0.2) is 5.43 Å². The molecule has 2 aromatic heterocycles. The molecule has 0 aromatic carbocycles. The average molecular weight is 289 g/mol. The van der Waals surface area contributed by atoms with Gasteiger partial charge >= 0.3 is 0 Å². The van der Waals surface area contributed by atoms with E-state index in [4.69, 9.17) is 22.2 Å². The molecule has 0 bridgehead atoms. The summed E-state index contributed by atoms with van der Waals surface area (Å²) in [7, 11) is 1.64. The molecule has 2 heterocycles. The molecule has 7 nitrogen and oxygen atoms in total. The van der Waals surface area contributed by atoms with Gasteiger partial charge in [-0.3, -0.25) is 10.5 Å². The van der Waals surface area contributed by atoms with Crippen molar-refractivity contribution in [1.82, 2.24) is 24.8 Å². The van der Waals surface area contributed by atoms with E-state index in [1.54, 1.807) is 24.2 Å². The zero-order chi connectivity index (χ0) is 13.0. The molecule has 0 saturated carbocycles. The summed E-state index contributed by atoms with van der Waals surface area (Å²) >= 11 is 7.42. The second-order valence-electron chi connectivity index (χ2n) is 3.51. The number of halogens is 1. The summed E-state index contributed by atoms with van der Waals surface area (Å²) in [5.74, 6) is 5.59. The van der Waals surface area contributed by atoms with E-state index in [0.717, 1.165) is 10.6 Å². The van der Waals surface area contributed by atoms with Gasteiger partial charge in [0, 0.05) is 7.11 Å². The minimum atomic E-state index is -0.281. The van der Waals surface area contributed by atoms with Crippen molar-refractivity contribution < 1.29 is 4.74 Å². The fourth-order valence-electron chi connectivity index (χ4n) is 1.61. The highest BCUT2D eigenvalue weighted by Gasteiger charge is 2.22. The number of aromatic nitrogens is 4. The molecule has 0 aliphatic heterocycles. The van der Waals surface area contributed by atoms with Gasteiger partial charge in [-0.15, -0.1) is 5.10 Å². The molecule has 0 fully saturated rings. The smallest absolute Gasteiger partial charge is 0.102 e. The molecule has 0 spiro atoms. The molecular weight excluding hydrogens is 276 g/mol. The Labute approximate surface area is 113 Å². The molecule has 9 heteroatoms. The topological polar surface area (TPSA) is 90.9 Å². The van der Waals surface area contributed by atoms with E-state index in [9.17, 15) is 0 Å². The van der Waals surface area contributed by atoms with Crippen LogP contribution in [0.1, 0.15) is 16.6 Å². The zero-order valence-corrected chi connectivity index (χ0v) is 11.3. The molecule has 0 aliphatic carbocycles. The lowest BCUT2D eigenvalue weighted by atomic mass is 10.2. The molecule has 0 radical (unpaired) electrons. The number of nitrogens with one attached hydrogen (secondary N) is 1. The summed E-state index contributed by atoms with van der Waals surface area (Å²) in [6.45, 7) is 1.15. The number of ether oxygens (including phenoxy) is 1. The van der Waals surface area contributed by atoms with Crippen LogP contribution in [0.3, 0.4) is 0 Å². The SMILES string of the molecule is COCCn1ncc(Cl)c1C(NN)c1cnns1. The maximum Gasteiger partial charge on any atom is 0.102 e. The highest BCUT2D eigenvalue weighted by atomic mass is 35.5. The summed E-state index contributed by atoms with van der Waals surface area (Å²) in [5.41, 5.74) is 3.49. The lowest BCUT2D eigenvalue weighted by Crippen LogP contribution is -2.30. The molecule has 2 rings (SSSR count). The first-order valence-electron chi connectivity index (χ1n) is 5.21. The van der Waals surface area contributed by atoms with Crippen LogP contribution in [0, 0.1) is 0 Å². The van der Waals surface area contributed by atoms with Crippen molar-refractivity contribution in [3.05, 3.63) is 28.0 Å². The number of nitrogens with zero attached hydrogens (tertiary/aromatic N) is 4. The standard InChI is InChI=1S/C9H13ClN6OS/c1-17-3-2-16-9(6(10)4-13-16)8(14-11)7-5-12-15-18-7/h4-5,8,14H,2-3,11H2,1H3. The second kappa shape index (κ2) is 6.21. The third kappa shape index (κ3) is 2.68. The molecule has 1 atom stereocenters. The number of rotatable bonds is 6. The van der Waals surface area contributed by atoms with E-state index >= 15 is 0 Å². The largest absolute Gasteiger partial charge is 0.383 e. The fourth-order valence-corrected chi connectivity index (χ4v) is 2.43. The Kier molecular flexibility index (Phi) is 4.61. The highest BCUT2D eigenvalue weighted by Crippen LogP contribution is 2.28. The number of hydrogen-bond acceptors (Lipinski definition) is 7. The van der Waals surface area contributed by atoms with Gasteiger partial charge in [0.1, 0.15) is 6.04 Å². The number of hydrazine groups is 1. The Morgan fingerprint density at radius 3 is 3.06 bits per heavy atom. The van der Waals surface area contributed by atoms with Gasteiger partial charge in [0.05, 0.1) is 41.1 Å². The number of hydrogen-bond donors (Lipinski definition) is 2. The van der Waals surface area contributed by atoms with Crippen LogP contribution in [0.5, 0.6) is 0 Å². The van der Waals surface area contributed by atoms with Gasteiger partial charge in [0.15, 0.2) is 0 Å². The second-order valence-corrected chi connectivity index (χ2v) is 4.74. The third-order valence-electron chi connectivity index (χ3n) is 2.44. The van der Waals surface area contributed by atoms with Crippen LogP contribution in [0.2, 0.25) is 5.02 Å². The minimum Gasteiger partial charge on any atom is -0.383 e. The van der Waals surface area contributed by atoms with Gasteiger partial charge in [-0.1, -0.05) is 16.1 Å². The lowest BCUT2D eigenvalue weighted by Gasteiger charge is -2.16. The highest BCUT2D eigenvalue weighted by molar-refractivity contribution is 7.05. The molecule has 98 valence electrons. The van der Waals surface area contributed by atoms with Gasteiger partial charge in [-0.05, 0) is 11.5 Å². The Bertz CT molecular complexity index is 487. The van der Waals surface area contributed by atoms with Gasteiger partial charge in [-0.2, -0.15) is 5.10 Å². The molecule has 0 amide bonds. The summed E-state index contributed by atoms with van der Waals surface area (Å²) in [6, 6.07) is -0.281. The van der Waals surface area contributed by atoms with Gasteiger partial charge < -0.3 is 4.74 Å². The normalized spacial score (nSPS) is 12.8. The number of nitrogens with two attached hydrogens (primary N) is 1. The molecule has 0 saturated heterocycles. The maximum atomic E-state index is 6.16. The predicted molar refractivity (Wildman–Crippen MR) is 68.2 cm³/mol. The zero-order valence-electron chi connectivity index (χ0n) is 9.71. The van der Waals surface area contributed by atoms with Crippen LogP contribution in [-0.4, -0.2) is 33.1 Å². The van der Waals surface area contributed by atoms with E-state index in [2.05, 4.69) is 20.1 Å². The summed E-state index contributed by atoms with van der Waals surface area (Å²) < 4.78 is 10.6. The van der Waals surface area contributed by atoms with Crippen LogP contribution < -0.4 is 11.3 Å². The van der Waals surface area contributed by atoms with Crippen molar-refractivity contribution in [2.75, 3.05) is 13.7 Å². The predicted octanol–water partition coefficient (Wildman–Crippen LogP) is 0.587. The minimum absolute atomic E-state index is 0.281. The Hall–Kier alpha value is -1.06. The Morgan fingerprint density at radius 1 is 1.61 bits per heavy atom. The average Bonchev–Trinajstić information content (AvgIpc) is 3.00. The quantitative estimate of drug-likeness (QED) is 0.597. The van der Waals surface area contributed by atoms with E-state index < -0.39 is 0 Å². The molecule has 3 N–H and O–H groups in total.